The van der Waals surface area contributed by atoms with Crippen LogP contribution in [0.2, 0.25) is 5.02 Å². The third-order valence-electron chi connectivity index (χ3n) is 2.85. The van der Waals surface area contributed by atoms with Gasteiger partial charge in [0.1, 0.15) is 11.6 Å². The minimum absolute atomic E-state index is 0.0517. The van der Waals surface area contributed by atoms with Gasteiger partial charge in [0.05, 0.1) is 17.7 Å². The SMILES string of the molecule is O=C(Cc1ccc(F)c(Cl)c1)CC1CNCCO1. The maximum Gasteiger partial charge on any atom is 0.141 e. The number of halogens is 2. The molecule has 1 atom stereocenters. The number of carbonyl (C=O) groups excluding carboxylic acids is 1. The average Bonchev–Trinajstić information content (AvgIpc) is 2.35. The minimum atomic E-state index is -0.465. The first-order valence-electron chi connectivity index (χ1n) is 5.93. The van der Waals surface area contributed by atoms with Crippen LogP contribution in [0.4, 0.5) is 4.39 Å². The Morgan fingerprint density at radius 3 is 3.06 bits per heavy atom. The molecule has 98 valence electrons. The summed E-state index contributed by atoms with van der Waals surface area (Å²) in [5, 5.41) is 3.22. The van der Waals surface area contributed by atoms with Crippen molar-refractivity contribution in [3.05, 3.63) is 34.6 Å². The van der Waals surface area contributed by atoms with E-state index < -0.39 is 5.82 Å². The topological polar surface area (TPSA) is 38.3 Å². The normalized spacial score (nSPS) is 19.8. The van der Waals surface area contributed by atoms with Gasteiger partial charge in [-0.05, 0) is 17.7 Å². The Labute approximate surface area is 110 Å². The van der Waals surface area contributed by atoms with Gasteiger partial charge in [0, 0.05) is 25.9 Å². The van der Waals surface area contributed by atoms with Gasteiger partial charge in [-0.2, -0.15) is 0 Å². The molecule has 1 saturated heterocycles. The van der Waals surface area contributed by atoms with Gasteiger partial charge in [-0.1, -0.05) is 17.7 Å². The fraction of sp³-hybridized carbons (Fsp3) is 0.462. The quantitative estimate of drug-likeness (QED) is 0.910. The van der Waals surface area contributed by atoms with Crippen LogP contribution in [0.3, 0.4) is 0 Å². The number of morpholine rings is 1. The van der Waals surface area contributed by atoms with Crippen molar-refractivity contribution >= 4 is 17.4 Å². The van der Waals surface area contributed by atoms with E-state index in [2.05, 4.69) is 5.32 Å². The molecule has 0 saturated carbocycles. The van der Waals surface area contributed by atoms with Crippen LogP contribution in [0, 0.1) is 5.82 Å². The molecule has 1 N–H and O–H groups in total. The van der Waals surface area contributed by atoms with Crippen molar-refractivity contribution < 1.29 is 13.9 Å². The predicted molar refractivity (Wildman–Crippen MR) is 67.3 cm³/mol. The van der Waals surface area contributed by atoms with E-state index in [1.165, 1.54) is 12.1 Å². The number of ether oxygens (including phenoxy) is 1. The zero-order chi connectivity index (χ0) is 13.0. The van der Waals surface area contributed by atoms with Gasteiger partial charge in [-0.25, -0.2) is 4.39 Å². The molecule has 0 amide bonds. The highest BCUT2D eigenvalue weighted by Crippen LogP contribution is 2.17. The predicted octanol–water partition coefficient (Wildman–Crippen LogP) is 1.97. The highest BCUT2D eigenvalue weighted by molar-refractivity contribution is 6.30. The molecule has 0 aromatic heterocycles. The van der Waals surface area contributed by atoms with E-state index in [0.717, 1.165) is 12.1 Å². The number of benzene rings is 1. The Balaban J connectivity index is 1.88. The van der Waals surface area contributed by atoms with Crippen LogP contribution >= 0.6 is 11.6 Å². The van der Waals surface area contributed by atoms with Crippen molar-refractivity contribution in [1.29, 1.82) is 0 Å². The second kappa shape index (κ2) is 6.27. The molecular weight excluding hydrogens is 257 g/mol. The molecule has 5 heteroatoms. The smallest absolute Gasteiger partial charge is 0.141 e. The van der Waals surface area contributed by atoms with Gasteiger partial charge in [-0.15, -0.1) is 0 Å². The largest absolute Gasteiger partial charge is 0.375 e. The summed E-state index contributed by atoms with van der Waals surface area (Å²) in [6, 6.07) is 4.36. The van der Waals surface area contributed by atoms with Crippen LogP contribution in [-0.2, 0) is 16.0 Å². The van der Waals surface area contributed by atoms with Gasteiger partial charge in [0.25, 0.3) is 0 Å². The Kier molecular flexibility index (Phi) is 4.69. The summed E-state index contributed by atoms with van der Waals surface area (Å²) in [5.41, 5.74) is 0.732. The highest BCUT2D eigenvalue weighted by atomic mass is 35.5. The lowest BCUT2D eigenvalue weighted by molar-refractivity contribution is -0.121. The second-order valence-electron chi connectivity index (χ2n) is 4.36. The van der Waals surface area contributed by atoms with Crippen LogP contribution in [0.15, 0.2) is 18.2 Å². The Morgan fingerprint density at radius 2 is 2.39 bits per heavy atom. The third kappa shape index (κ3) is 3.77. The van der Waals surface area contributed by atoms with E-state index in [-0.39, 0.29) is 23.3 Å². The van der Waals surface area contributed by atoms with Crippen LogP contribution in [-0.4, -0.2) is 31.6 Å². The molecule has 1 aliphatic rings. The number of hydrogen-bond donors (Lipinski definition) is 1. The Morgan fingerprint density at radius 1 is 1.56 bits per heavy atom. The maximum atomic E-state index is 13.0. The highest BCUT2D eigenvalue weighted by Gasteiger charge is 2.17. The molecule has 1 unspecified atom stereocenters. The van der Waals surface area contributed by atoms with Crippen LogP contribution < -0.4 is 5.32 Å². The molecule has 0 bridgehead atoms. The number of nitrogens with one attached hydrogen (secondary N) is 1. The monoisotopic (exact) mass is 271 g/mol. The summed E-state index contributed by atoms with van der Waals surface area (Å²) in [4.78, 5) is 11.8. The van der Waals surface area contributed by atoms with Gasteiger partial charge in [-0.3, -0.25) is 4.79 Å². The first kappa shape index (κ1) is 13.5. The fourth-order valence-corrected chi connectivity index (χ4v) is 2.16. The van der Waals surface area contributed by atoms with Crippen LogP contribution in [0.25, 0.3) is 0 Å². The first-order chi connectivity index (χ1) is 8.65. The molecule has 1 aromatic carbocycles. The Bertz CT molecular complexity index is 433. The molecule has 2 rings (SSSR count). The molecule has 1 fully saturated rings. The minimum Gasteiger partial charge on any atom is -0.375 e. The van der Waals surface area contributed by atoms with Gasteiger partial charge in [0.15, 0.2) is 0 Å². The molecule has 1 aromatic rings. The van der Waals surface area contributed by atoms with Crippen molar-refractivity contribution in [3.63, 3.8) is 0 Å². The molecule has 3 nitrogen and oxygen atoms in total. The lowest BCUT2D eigenvalue weighted by Gasteiger charge is -2.22. The zero-order valence-electron chi connectivity index (χ0n) is 9.92. The standard InChI is InChI=1S/C13H15ClFNO2/c14-12-6-9(1-2-13(12)15)5-10(17)7-11-8-16-3-4-18-11/h1-2,6,11,16H,3-5,7-8H2. The summed E-state index contributed by atoms with van der Waals surface area (Å²) >= 11 is 5.67. The number of carbonyl (C=O) groups is 1. The van der Waals surface area contributed by atoms with E-state index in [9.17, 15) is 9.18 Å². The zero-order valence-corrected chi connectivity index (χ0v) is 10.7. The van der Waals surface area contributed by atoms with Gasteiger partial charge >= 0.3 is 0 Å². The summed E-state index contributed by atoms with van der Waals surface area (Å²) in [5.74, 6) is -0.390. The van der Waals surface area contributed by atoms with E-state index in [1.807, 2.05) is 0 Å². The van der Waals surface area contributed by atoms with Crippen molar-refractivity contribution in [1.82, 2.24) is 5.32 Å². The molecule has 0 spiro atoms. The summed E-state index contributed by atoms with van der Waals surface area (Å²) in [6.45, 7) is 2.18. The van der Waals surface area contributed by atoms with Crippen LogP contribution in [0.5, 0.6) is 0 Å². The number of hydrogen-bond acceptors (Lipinski definition) is 3. The second-order valence-corrected chi connectivity index (χ2v) is 4.77. The molecule has 1 aliphatic heterocycles. The number of Topliss-reactive ketones (excluding diaryl/α,β-unsaturated/α-hetero) is 1. The fourth-order valence-electron chi connectivity index (χ4n) is 1.95. The third-order valence-corrected chi connectivity index (χ3v) is 3.13. The van der Waals surface area contributed by atoms with Crippen molar-refractivity contribution in [2.45, 2.75) is 18.9 Å². The van der Waals surface area contributed by atoms with Gasteiger partial charge in [0.2, 0.25) is 0 Å². The first-order valence-corrected chi connectivity index (χ1v) is 6.31. The van der Waals surface area contributed by atoms with Crippen molar-refractivity contribution in [3.8, 4) is 0 Å². The summed E-state index contributed by atoms with van der Waals surface area (Å²) < 4.78 is 18.4. The van der Waals surface area contributed by atoms with Crippen molar-refractivity contribution in [2.24, 2.45) is 0 Å². The lowest BCUT2D eigenvalue weighted by atomic mass is 10.0. The summed E-state index contributed by atoms with van der Waals surface area (Å²) in [7, 11) is 0. The number of rotatable bonds is 4. The van der Waals surface area contributed by atoms with Gasteiger partial charge < -0.3 is 10.1 Å². The Hall–Kier alpha value is -0.970. The lowest BCUT2D eigenvalue weighted by Crippen LogP contribution is -2.39. The molecule has 0 radical (unpaired) electrons. The van der Waals surface area contributed by atoms with Crippen molar-refractivity contribution in [2.75, 3.05) is 19.7 Å². The maximum absolute atomic E-state index is 13.0. The van der Waals surface area contributed by atoms with E-state index in [1.54, 1.807) is 6.07 Å². The molecule has 1 heterocycles. The van der Waals surface area contributed by atoms with Crippen LogP contribution in [0.1, 0.15) is 12.0 Å². The summed E-state index contributed by atoms with van der Waals surface area (Å²) in [6.07, 6.45) is 0.587. The molecular formula is C13H15ClFNO2. The molecule has 0 aliphatic carbocycles. The van der Waals surface area contributed by atoms with E-state index in [0.29, 0.717) is 19.6 Å². The average molecular weight is 272 g/mol. The number of ketones is 1. The molecule has 18 heavy (non-hydrogen) atoms. The van der Waals surface area contributed by atoms with E-state index in [4.69, 9.17) is 16.3 Å². The van der Waals surface area contributed by atoms with E-state index >= 15 is 0 Å².